The highest BCUT2D eigenvalue weighted by atomic mass is 35.5. The first kappa shape index (κ1) is 20.9. The van der Waals surface area contributed by atoms with Crippen molar-refractivity contribution in [1.29, 1.82) is 0 Å². The third kappa shape index (κ3) is 4.11. The largest absolute Gasteiger partial charge is 0.493 e. The van der Waals surface area contributed by atoms with Crippen molar-refractivity contribution in [1.82, 2.24) is 14.2 Å². The molecule has 1 fully saturated rings. The second kappa shape index (κ2) is 8.43. The van der Waals surface area contributed by atoms with Gasteiger partial charge < -0.3 is 13.9 Å². The summed E-state index contributed by atoms with van der Waals surface area (Å²) in [6, 6.07) is 9.94. The zero-order valence-corrected chi connectivity index (χ0v) is 18.2. The molecule has 0 aliphatic carbocycles. The van der Waals surface area contributed by atoms with E-state index >= 15 is 0 Å². The van der Waals surface area contributed by atoms with Crippen molar-refractivity contribution in [2.75, 3.05) is 40.4 Å². The van der Waals surface area contributed by atoms with Crippen molar-refractivity contribution in [3.05, 3.63) is 47.3 Å². The van der Waals surface area contributed by atoms with Crippen LogP contribution in [0.2, 0.25) is 5.02 Å². The van der Waals surface area contributed by atoms with Crippen LogP contribution < -0.4 is 9.47 Å². The molecule has 1 aromatic heterocycles. The van der Waals surface area contributed by atoms with Gasteiger partial charge in [0.15, 0.2) is 17.1 Å². The molecule has 0 unspecified atom stereocenters. The van der Waals surface area contributed by atoms with Gasteiger partial charge in [0.05, 0.1) is 25.7 Å². The van der Waals surface area contributed by atoms with Crippen molar-refractivity contribution in [3.8, 4) is 11.5 Å². The minimum atomic E-state index is -3.62. The maximum atomic E-state index is 13.0. The first-order valence-corrected chi connectivity index (χ1v) is 11.2. The molecule has 1 saturated heterocycles. The van der Waals surface area contributed by atoms with Crippen molar-refractivity contribution >= 4 is 32.7 Å². The quantitative estimate of drug-likeness (QED) is 0.569. The van der Waals surface area contributed by atoms with Crippen LogP contribution in [0.4, 0.5) is 0 Å². The number of sulfonamides is 1. The van der Waals surface area contributed by atoms with Crippen molar-refractivity contribution in [2.24, 2.45) is 0 Å². The van der Waals surface area contributed by atoms with Gasteiger partial charge in [-0.1, -0.05) is 11.6 Å². The molecule has 30 heavy (non-hydrogen) atoms. The van der Waals surface area contributed by atoms with Crippen LogP contribution in [0.25, 0.3) is 11.1 Å². The summed E-state index contributed by atoms with van der Waals surface area (Å²) in [5.74, 6) is 1.46. The summed E-state index contributed by atoms with van der Waals surface area (Å²) in [6.45, 7) is 2.42. The lowest BCUT2D eigenvalue weighted by atomic mass is 10.3. The number of hydrogen-bond donors (Lipinski definition) is 0. The molecule has 2 heterocycles. The number of ether oxygens (including phenoxy) is 2. The number of rotatable bonds is 6. The number of oxazole rings is 1. The molecule has 0 radical (unpaired) electrons. The molecule has 1 aliphatic rings. The topological polar surface area (TPSA) is 85.1 Å². The Bertz CT molecular complexity index is 1160. The monoisotopic (exact) mass is 451 g/mol. The van der Waals surface area contributed by atoms with Gasteiger partial charge in [-0.3, -0.25) is 4.90 Å². The fraction of sp³-hybridized carbons (Fsp3) is 0.350. The van der Waals surface area contributed by atoms with Gasteiger partial charge in [-0.05, 0) is 30.3 Å². The molecule has 10 heteroatoms. The minimum absolute atomic E-state index is 0.185. The number of hydrogen-bond acceptors (Lipinski definition) is 7. The summed E-state index contributed by atoms with van der Waals surface area (Å²) < 4.78 is 43.7. The third-order valence-electron chi connectivity index (χ3n) is 5.08. The van der Waals surface area contributed by atoms with E-state index < -0.39 is 10.0 Å². The molecule has 160 valence electrons. The molecule has 0 atom stereocenters. The molecule has 4 rings (SSSR count). The van der Waals surface area contributed by atoms with Gasteiger partial charge in [-0.2, -0.15) is 4.31 Å². The zero-order chi connectivity index (χ0) is 21.3. The van der Waals surface area contributed by atoms with E-state index in [0.29, 0.717) is 66.2 Å². The van der Waals surface area contributed by atoms with E-state index in [9.17, 15) is 8.42 Å². The van der Waals surface area contributed by atoms with E-state index in [4.69, 9.17) is 25.5 Å². The Morgan fingerprint density at radius 3 is 2.47 bits per heavy atom. The van der Waals surface area contributed by atoms with E-state index in [0.717, 1.165) is 0 Å². The van der Waals surface area contributed by atoms with Crippen LogP contribution >= 0.6 is 11.6 Å². The maximum Gasteiger partial charge on any atom is 0.243 e. The molecule has 8 nitrogen and oxygen atoms in total. The molecule has 0 bridgehead atoms. The highest BCUT2D eigenvalue weighted by Gasteiger charge is 2.29. The molecule has 3 aromatic rings. The maximum absolute atomic E-state index is 13.0. The highest BCUT2D eigenvalue weighted by Crippen LogP contribution is 2.31. The summed E-state index contributed by atoms with van der Waals surface area (Å²) in [6.07, 6.45) is 0. The molecule has 0 amide bonds. The van der Waals surface area contributed by atoms with Gasteiger partial charge in [0, 0.05) is 37.3 Å². The molecule has 1 aliphatic heterocycles. The molecule has 0 saturated carbocycles. The van der Waals surface area contributed by atoms with Crippen LogP contribution in [0.1, 0.15) is 5.89 Å². The molecule has 0 N–H and O–H groups in total. The van der Waals surface area contributed by atoms with Crippen LogP contribution in [0.15, 0.2) is 45.7 Å². The van der Waals surface area contributed by atoms with Crippen LogP contribution in [0.5, 0.6) is 11.5 Å². The fourth-order valence-corrected chi connectivity index (χ4v) is 5.07. The number of fused-ring (bicyclic) bond motifs is 1. The summed E-state index contributed by atoms with van der Waals surface area (Å²) in [5.41, 5.74) is 1.40. The molecule has 2 aromatic carbocycles. The lowest BCUT2D eigenvalue weighted by molar-refractivity contribution is 0.169. The zero-order valence-electron chi connectivity index (χ0n) is 16.7. The van der Waals surface area contributed by atoms with E-state index in [-0.39, 0.29) is 4.90 Å². The SMILES string of the molecule is COc1ccc(S(=O)(=O)N2CCN(Cc3nc4cc(Cl)ccc4o3)CC2)cc1OC. The summed E-state index contributed by atoms with van der Waals surface area (Å²) in [5, 5.41) is 0.608. The Kier molecular flexibility index (Phi) is 5.88. The second-order valence-electron chi connectivity index (χ2n) is 6.92. The van der Waals surface area contributed by atoms with E-state index in [1.54, 1.807) is 24.3 Å². The predicted octanol–water partition coefficient (Wildman–Crippen LogP) is 3.00. The highest BCUT2D eigenvalue weighted by molar-refractivity contribution is 7.89. The van der Waals surface area contributed by atoms with Crippen molar-refractivity contribution in [3.63, 3.8) is 0 Å². The van der Waals surface area contributed by atoms with Gasteiger partial charge in [0.25, 0.3) is 0 Å². The lowest BCUT2D eigenvalue weighted by Gasteiger charge is -2.33. The summed E-state index contributed by atoms with van der Waals surface area (Å²) >= 11 is 6.00. The third-order valence-corrected chi connectivity index (χ3v) is 7.21. The van der Waals surface area contributed by atoms with E-state index in [1.165, 1.54) is 30.7 Å². The number of methoxy groups -OCH3 is 2. The Hall–Kier alpha value is -2.33. The Labute approximate surface area is 180 Å². The minimum Gasteiger partial charge on any atom is -0.493 e. The van der Waals surface area contributed by atoms with Crippen LogP contribution in [0, 0.1) is 0 Å². The first-order chi connectivity index (χ1) is 14.4. The van der Waals surface area contributed by atoms with E-state index in [1.807, 2.05) is 0 Å². The normalized spacial score (nSPS) is 16.1. The van der Waals surface area contributed by atoms with Crippen LogP contribution in [0.3, 0.4) is 0 Å². The Morgan fingerprint density at radius 2 is 1.77 bits per heavy atom. The number of halogens is 1. The van der Waals surface area contributed by atoms with E-state index in [2.05, 4.69) is 9.88 Å². The smallest absolute Gasteiger partial charge is 0.243 e. The average Bonchev–Trinajstić information content (AvgIpc) is 3.14. The number of piperazine rings is 1. The Morgan fingerprint density at radius 1 is 1.03 bits per heavy atom. The lowest BCUT2D eigenvalue weighted by Crippen LogP contribution is -2.48. The average molecular weight is 452 g/mol. The van der Waals surface area contributed by atoms with Gasteiger partial charge >= 0.3 is 0 Å². The first-order valence-electron chi connectivity index (χ1n) is 9.40. The van der Waals surface area contributed by atoms with Crippen molar-refractivity contribution in [2.45, 2.75) is 11.4 Å². The van der Waals surface area contributed by atoms with Gasteiger partial charge in [0.1, 0.15) is 5.52 Å². The van der Waals surface area contributed by atoms with Crippen molar-refractivity contribution < 1.29 is 22.3 Å². The fourth-order valence-electron chi connectivity index (χ4n) is 3.46. The number of nitrogens with zero attached hydrogens (tertiary/aromatic N) is 3. The summed E-state index contributed by atoms with van der Waals surface area (Å²) in [4.78, 5) is 6.77. The molecule has 0 spiro atoms. The Balaban J connectivity index is 1.43. The number of aromatic nitrogens is 1. The molecular weight excluding hydrogens is 430 g/mol. The second-order valence-corrected chi connectivity index (χ2v) is 9.29. The van der Waals surface area contributed by atoms with Crippen LogP contribution in [-0.4, -0.2) is 63.0 Å². The van der Waals surface area contributed by atoms with Gasteiger partial charge in [-0.15, -0.1) is 0 Å². The predicted molar refractivity (Wildman–Crippen MR) is 113 cm³/mol. The molecular formula is C20H22ClN3O5S. The number of benzene rings is 2. The van der Waals surface area contributed by atoms with Crippen LogP contribution in [-0.2, 0) is 16.6 Å². The van der Waals surface area contributed by atoms with Gasteiger partial charge in [0.2, 0.25) is 15.9 Å². The summed E-state index contributed by atoms with van der Waals surface area (Å²) in [7, 11) is -0.634. The van der Waals surface area contributed by atoms with Gasteiger partial charge in [-0.25, -0.2) is 13.4 Å². The standard InChI is InChI=1S/C20H22ClN3O5S/c1-27-18-6-4-15(12-19(18)28-2)30(25,26)24-9-7-23(8-10-24)13-20-22-16-11-14(21)3-5-17(16)29-20/h3-6,11-12H,7-10,13H2,1-2H3.